The monoisotopic (exact) mass is 387 g/mol. The second kappa shape index (κ2) is 8.12. The summed E-state index contributed by atoms with van der Waals surface area (Å²) in [5.74, 6) is 1.00. The Labute approximate surface area is 161 Å². The molecule has 1 N–H and O–H groups in total. The number of pyridine rings is 1. The first-order valence-electron chi connectivity index (χ1n) is 8.94. The zero-order valence-electron chi connectivity index (χ0n) is 15.6. The average molecular weight is 387 g/mol. The highest BCUT2D eigenvalue weighted by Gasteiger charge is 2.22. The number of carbonyl (C=O) groups is 1. The number of nitro groups is 1. The van der Waals surface area contributed by atoms with Gasteiger partial charge in [-0.2, -0.15) is 0 Å². The highest BCUT2D eigenvalue weighted by molar-refractivity contribution is 5.75. The number of aromatic nitrogens is 1. The van der Waals surface area contributed by atoms with Crippen LogP contribution in [0.4, 0.5) is 5.69 Å². The fraction of sp³-hybridized carbons (Fsp3) is 0.368. The van der Waals surface area contributed by atoms with Gasteiger partial charge in [0.15, 0.2) is 0 Å². The van der Waals surface area contributed by atoms with E-state index in [2.05, 4.69) is 5.32 Å². The van der Waals surface area contributed by atoms with Gasteiger partial charge in [0.1, 0.15) is 24.1 Å². The van der Waals surface area contributed by atoms with Crippen LogP contribution >= 0.6 is 0 Å². The number of hydrogen-bond donors (Lipinski definition) is 1. The first-order valence-corrected chi connectivity index (χ1v) is 8.94. The molecule has 28 heavy (non-hydrogen) atoms. The minimum absolute atomic E-state index is 0.0927. The first kappa shape index (κ1) is 19.4. The van der Waals surface area contributed by atoms with Crippen molar-refractivity contribution in [2.75, 3.05) is 6.61 Å². The van der Waals surface area contributed by atoms with E-state index in [-0.39, 0.29) is 24.9 Å². The van der Waals surface area contributed by atoms with Crippen LogP contribution in [-0.4, -0.2) is 28.1 Å². The Morgan fingerprint density at radius 2 is 2.21 bits per heavy atom. The van der Waals surface area contributed by atoms with Crippen molar-refractivity contribution in [3.63, 3.8) is 0 Å². The van der Waals surface area contributed by atoms with Crippen molar-refractivity contribution in [1.29, 1.82) is 0 Å². The maximum atomic E-state index is 12.3. The van der Waals surface area contributed by atoms with Gasteiger partial charge < -0.3 is 14.8 Å². The summed E-state index contributed by atoms with van der Waals surface area (Å²) in [5.41, 5.74) is 1.08. The fourth-order valence-electron chi connectivity index (χ4n) is 3.06. The third-order valence-corrected chi connectivity index (χ3v) is 4.35. The van der Waals surface area contributed by atoms with Gasteiger partial charge in [0, 0.05) is 36.2 Å². The highest BCUT2D eigenvalue weighted by Crippen LogP contribution is 2.35. The Morgan fingerprint density at radius 3 is 2.93 bits per heavy atom. The predicted molar refractivity (Wildman–Crippen MR) is 101 cm³/mol. The van der Waals surface area contributed by atoms with Crippen LogP contribution < -0.4 is 20.3 Å². The van der Waals surface area contributed by atoms with Crippen molar-refractivity contribution >= 4 is 11.6 Å². The molecular weight excluding hydrogens is 366 g/mol. The molecule has 3 rings (SSSR count). The van der Waals surface area contributed by atoms with E-state index < -0.39 is 16.4 Å². The summed E-state index contributed by atoms with van der Waals surface area (Å²) in [6.45, 7) is 4.22. The molecule has 1 aromatic carbocycles. The van der Waals surface area contributed by atoms with E-state index in [1.165, 1.54) is 0 Å². The third-order valence-electron chi connectivity index (χ3n) is 4.35. The van der Waals surface area contributed by atoms with Gasteiger partial charge in [-0.05, 0) is 26.0 Å². The molecule has 9 heteroatoms. The van der Waals surface area contributed by atoms with Gasteiger partial charge in [-0.1, -0.05) is 0 Å². The van der Waals surface area contributed by atoms with Crippen LogP contribution in [-0.2, 0) is 24.3 Å². The number of carbonyl (C=O) groups excluding carboxylic acids is 1. The lowest BCUT2D eigenvalue weighted by molar-refractivity contribution is -0.385. The zero-order valence-corrected chi connectivity index (χ0v) is 15.6. The Bertz CT molecular complexity index is 969. The molecule has 148 valence electrons. The van der Waals surface area contributed by atoms with Crippen molar-refractivity contribution in [3.8, 4) is 11.5 Å². The van der Waals surface area contributed by atoms with Crippen LogP contribution in [0.2, 0.25) is 0 Å². The lowest BCUT2D eigenvalue weighted by Crippen LogP contribution is -2.31. The van der Waals surface area contributed by atoms with E-state index in [1.807, 2.05) is 26.0 Å². The van der Waals surface area contributed by atoms with E-state index in [0.717, 1.165) is 46.2 Å². The molecular formula is C19H21N3O6. The Balaban J connectivity index is 1.71. The Morgan fingerprint density at radius 1 is 1.43 bits per heavy atom. The predicted octanol–water partition coefficient (Wildman–Crippen LogP) is 1.79. The quantitative estimate of drug-likeness (QED) is 0.573. The smallest absolute Gasteiger partial charge is 0.285 e. The first-order chi connectivity index (χ1) is 13.4. The van der Waals surface area contributed by atoms with E-state index in [0.29, 0.717) is 12.4 Å². The number of fused-ring (bicyclic) bond motifs is 1. The molecule has 1 aliphatic heterocycles. The number of rotatable bonds is 7. The second-order valence-electron chi connectivity index (χ2n) is 6.52. The summed E-state index contributed by atoms with van der Waals surface area (Å²) in [7, 11) is 0. The molecule has 2 heterocycles. The maximum absolute atomic E-state index is 12.3. The van der Waals surface area contributed by atoms with E-state index in [1.54, 1.807) is 0 Å². The Kier molecular flexibility index (Phi) is 5.62. The summed E-state index contributed by atoms with van der Waals surface area (Å²) >= 11 is 0. The molecule has 0 fully saturated rings. The number of hydrogen-bond acceptors (Lipinski definition) is 6. The molecule has 0 aliphatic carbocycles. The van der Waals surface area contributed by atoms with Gasteiger partial charge in [0.05, 0.1) is 17.7 Å². The number of nitrogens with one attached hydrogen (secondary N) is 1. The van der Waals surface area contributed by atoms with Gasteiger partial charge in [-0.3, -0.25) is 24.3 Å². The molecule has 0 unspecified atom stereocenters. The van der Waals surface area contributed by atoms with Crippen LogP contribution in [0, 0.1) is 10.1 Å². The SMILES string of the molecule is CCOc1cc2c(cc1CNC(=O)Cn1cc([N+](=O)[O-])ccc1=O)O[C@@H](C)C2. The van der Waals surface area contributed by atoms with E-state index in [9.17, 15) is 19.7 Å². The van der Waals surface area contributed by atoms with Crippen LogP contribution in [0.3, 0.4) is 0 Å². The molecule has 0 saturated heterocycles. The lowest BCUT2D eigenvalue weighted by Gasteiger charge is -2.13. The molecule has 0 radical (unpaired) electrons. The van der Waals surface area contributed by atoms with E-state index >= 15 is 0 Å². The summed E-state index contributed by atoms with van der Waals surface area (Å²) in [6, 6.07) is 5.95. The maximum Gasteiger partial charge on any atom is 0.285 e. The van der Waals surface area contributed by atoms with Crippen molar-refractivity contribution in [2.24, 2.45) is 0 Å². The van der Waals surface area contributed by atoms with Gasteiger partial charge in [0.25, 0.3) is 11.2 Å². The largest absolute Gasteiger partial charge is 0.494 e. The molecule has 1 atom stereocenters. The minimum Gasteiger partial charge on any atom is -0.494 e. The summed E-state index contributed by atoms with van der Waals surface area (Å²) in [6.07, 6.45) is 1.95. The van der Waals surface area contributed by atoms with Gasteiger partial charge in [-0.25, -0.2) is 0 Å². The summed E-state index contributed by atoms with van der Waals surface area (Å²) < 4.78 is 12.4. The average Bonchev–Trinajstić information content (AvgIpc) is 3.00. The Hall–Kier alpha value is -3.36. The van der Waals surface area contributed by atoms with Gasteiger partial charge >= 0.3 is 0 Å². The minimum atomic E-state index is -0.617. The zero-order chi connectivity index (χ0) is 20.3. The molecule has 1 amide bonds. The molecule has 9 nitrogen and oxygen atoms in total. The van der Waals surface area contributed by atoms with Crippen molar-refractivity contribution in [1.82, 2.24) is 9.88 Å². The second-order valence-corrected chi connectivity index (χ2v) is 6.52. The number of ether oxygens (including phenoxy) is 2. The van der Waals surface area contributed by atoms with E-state index in [4.69, 9.17) is 9.47 Å². The molecule has 0 spiro atoms. The van der Waals surface area contributed by atoms with Crippen molar-refractivity contribution in [2.45, 2.75) is 39.5 Å². The molecule has 0 bridgehead atoms. The van der Waals surface area contributed by atoms with Gasteiger partial charge in [0.2, 0.25) is 5.91 Å². The van der Waals surface area contributed by atoms with Crippen LogP contribution in [0.15, 0.2) is 35.3 Å². The standard InChI is InChI=1S/C19H21N3O6/c1-3-27-16-7-13-6-12(2)28-17(13)8-14(16)9-20-18(23)11-21-10-15(22(25)26)4-5-19(21)24/h4-5,7-8,10,12H,3,6,9,11H2,1-2H3,(H,20,23)/t12-/m0/s1. The third kappa shape index (κ3) is 4.30. The molecule has 1 aliphatic rings. The number of amides is 1. The lowest BCUT2D eigenvalue weighted by atomic mass is 10.1. The van der Waals surface area contributed by atoms with Crippen LogP contribution in [0.1, 0.15) is 25.0 Å². The normalized spacial score (nSPS) is 14.9. The summed E-state index contributed by atoms with van der Waals surface area (Å²) in [4.78, 5) is 34.3. The molecule has 0 saturated carbocycles. The van der Waals surface area contributed by atoms with Crippen molar-refractivity contribution in [3.05, 3.63) is 62.1 Å². The highest BCUT2D eigenvalue weighted by atomic mass is 16.6. The van der Waals surface area contributed by atoms with Crippen LogP contribution in [0.25, 0.3) is 0 Å². The fourth-order valence-corrected chi connectivity index (χ4v) is 3.06. The van der Waals surface area contributed by atoms with Gasteiger partial charge in [-0.15, -0.1) is 0 Å². The number of benzene rings is 1. The summed E-state index contributed by atoms with van der Waals surface area (Å²) in [5, 5.41) is 13.6. The molecule has 1 aromatic heterocycles. The number of nitrogens with zero attached hydrogens (tertiary/aromatic N) is 2. The van der Waals surface area contributed by atoms with Crippen LogP contribution in [0.5, 0.6) is 11.5 Å². The topological polar surface area (TPSA) is 113 Å². The van der Waals surface area contributed by atoms with Crippen molar-refractivity contribution < 1.29 is 19.2 Å². The molecule has 2 aromatic rings.